The number of amidine groups is 1. The van der Waals surface area contributed by atoms with Crippen molar-refractivity contribution in [3.05, 3.63) is 29.8 Å². The summed E-state index contributed by atoms with van der Waals surface area (Å²) in [6.45, 7) is 2.00. The van der Waals surface area contributed by atoms with Gasteiger partial charge in [-0.15, -0.1) is 0 Å². The molecule has 4 N–H and O–H groups in total. The van der Waals surface area contributed by atoms with Gasteiger partial charge in [0.2, 0.25) is 0 Å². The van der Waals surface area contributed by atoms with Gasteiger partial charge in [0.05, 0.1) is 0 Å². The van der Waals surface area contributed by atoms with Crippen LogP contribution < -0.4 is 15.8 Å². The molecule has 0 aliphatic heterocycles. The summed E-state index contributed by atoms with van der Waals surface area (Å²) < 4.78 is 5.40. The van der Waals surface area contributed by atoms with E-state index in [4.69, 9.17) is 15.7 Å². The van der Waals surface area contributed by atoms with E-state index in [-0.39, 0.29) is 24.4 Å². The van der Waals surface area contributed by atoms with Gasteiger partial charge in [-0.05, 0) is 43.5 Å². The summed E-state index contributed by atoms with van der Waals surface area (Å²) in [6, 6.07) is 6.87. The Morgan fingerprint density at radius 1 is 1.48 bits per heavy atom. The second-order valence-electron chi connectivity index (χ2n) is 5.45. The third-order valence-electron chi connectivity index (χ3n) is 3.42. The lowest BCUT2D eigenvalue weighted by Gasteiger charge is -2.13. The Bertz CT molecular complexity index is 509. The average Bonchev–Trinajstić information content (AvgIpc) is 3.28. The summed E-state index contributed by atoms with van der Waals surface area (Å²) >= 11 is 0. The van der Waals surface area contributed by atoms with Crippen molar-refractivity contribution in [2.75, 3.05) is 6.61 Å². The van der Waals surface area contributed by atoms with Crippen LogP contribution >= 0.6 is 0 Å². The van der Waals surface area contributed by atoms with E-state index in [1.54, 1.807) is 24.3 Å². The second kappa shape index (κ2) is 6.97. The van der Waals surface area contributed by atoms with Crippen LogP contribution in [0.5, 0.6) is 5.75 Å². The fourth-order valence-electron chi connectivity index (χ4n) is 2.16. The predicted octanol–water partition coefficient (Wildman–Crippen LogP) is 1.46. The Morgan fingerprint density at radius 3 is 2.71 bits per heavy atom. The van der Waals surface area contributed by atoms with Gasteiger partial charge in [0, 0.05) is 11.6 Å². The quantitative estimate of drug-likeness (QED) is 0.307. The van der Waals surface area contributed by atoms with Gasteiger partial charge >= 0.3 is 0 Å². The molecule has 1 aromatic carbocycles. The summed E-state index contributed by atoms with van der Waals surface area (Å²) in [7, 11) is 0. The fraction of sp³-hybridized carbons (Fsp3) is 0.467. The normalized spacial score (nSPS) is 16.3. The van der Waals surface area contributed by atoms with Crippen molar-refractivity contribution in [2.45, 2.75) is 32.2 Å². The maximum Gasteiger partial charge on any atom is 0.258 e. The number of carbonyl (C=O) groups is 1. The minimum absolute atomic E-state index is 0.0159. The summed E-state index contributed by atoms with van der Waals surface area (Å²) in [5, 5.41) is 14.4. The molecule has 6 nitrogen and oxygen atoms in total. The molecule has 114 valence electrons. The molecule has 0 saturated heterocycles. The van der Waals surface area contributed by atoms with Gasteiger partial charge in [-0.2, -0.15) is 0 Å². The maximum atomic E-state index is 11.7. The lowest BCUT2D eigenvalue weighted by molar-refractivity contribution is -0.123. The Labute approximate surface area is 124 Å². The monoisotopic (exact) mass is 291 g/mol. The zero-order valence-corrected chi connectivity index (χ0v) is 12.1. The molecule has 0 bridgehead atoms. The van der Waals surface area contributed by atoms with Crippen molar-refractivity contribution in [3.8, 4) is 5.75 Å². The van der Waals surface area contributed by atoms with E-state index in [9.17, 15) is 4.79 Å². The molecule has 1 unspecified atom stereocenters. The number of ether oxygens (including phenoxy) is 1. The first-order valence-electron chi connectivity index (χ1n) is 7.08. The van der Waals surface area contributed by atoms with Crippen LogP contribution in [0.15, 0.2) is 29.4 Å². The molecule has 1 saturated carbocycles. The maximum absolute atomic E-state index is 11.7. The summed E-state index contributed by atoms with van der Waals surface area (Å²) in [5.74, 6) is 1.26. The molecular formula is C15H21N3O3. The van der Waals surface area contributed by atoms with Gasteiger partial charge in [0.1, 0.15) is 5.75 Å². The van der Waals surface area contributed by atoms with Crippen molar-refractivity contribution < 1.29 is 14.7 Å². The highest BCUT2D eigenvalue weighted by Crippen LogP contribution is 2.33. The lowest BCUT2D eigenvalue weighted by Crippen LogP contribution is -2.36. The minimum atomic E-state index is -0.122. The van der Waals surface area contributed by atoms with Crippen LogP contribution in [0.25, 0.3) is 0 Å². The van der Waals surface area contributed by atoms with Crippen LogP contribution in [0.4, 0.5) is 0 Å². The van der Waals surface area contributed by atoms with Crippen LogP contribution in [-0.4, -0.2) is 29.6 Å². The molecular weight excluding hydrogens is 270 g/mol. The Balaban J connectivity index is 1.75. The highest BCUT2D eigenvalue weighted by atomic mass is 16.5. The summed E-state index contributed by atoms with van der Waals surface area (Å²) in [5.41, 5.74) is 6.05. The Kier molecular flexibility index (Phi) is 5.03. The van der Waals surface area contributed by atoms with E-state index in [1.807, 2.05) is 6.92 Å². The van der Waals surface area contributed by atoms with Crippen molar-refractivity contribution in [1.29, 1.82) is 0 Å². The molecule has 0 aromatic heterocycles. The highest BCUT2D eigenvalue weighted by molar-refractivity contribution is 5.97. The van der Waals surface area contributed by atoms with Gasteiger partial charge in [0.15, 0.2) is 12.4 Å². The van der Waals surface area contributed by atoms with Crippen molar-refractivity contribution in [3.63, 3.8) is 0 Å². The number of nitrogens with zero attached hydrogens (tertiary/aromatic N) is 1. The van der Waals surface area contributed by atoms with E-state index in [2.05, 4.69) is 10.5 Å². The molecule has 0 spiro atoms. The van der Waals surface area contributed by atoms with Crippen molar-refractivity contribution in [2.24, 2.45) is 16.8 Å². The van der Waals surface area contributed by atoms with Crippen molar-refractivity contribution >= 4 is 11.7 Å². The standard InChI is InChI=1S/C15H21N3O3/c1-10(8-11-2-3-11)17-14(19)9-21-13-6-4-12(5-7-13)15(16)18-20/h4-7,10-11,20H,2-3,8-9H2,1H3,(H2,16,18)(H,17,19). The van der Waals surface area contributed by atoms with E-state index in [0.29, 0.717) is 11.3 Å². The third-order valence-corrected chi connectivity index (χ3v) is 3.42. The van der Waals surface area contributed by atoms with Crippen LogP contribution in [0.2, 0.25) is 0 Å². The molecule has 1 aromatic rings. The first-order chi connectivity index (χ1) is 10.1. The first kappa shape index (κ1) is 15.2. The third kappa shape index (κ3) is 4.98. The van der Waals surface area contributed by atoms with Gasteiger partial charge in [-0.1, -0.05) is 18.0 Å². The SMILES string of the molecule is CC(CC1CC1)NC(=O)COc1ccc(C(N)=NO)cc1. The second-order valence-corrected chi connectivity index (χ2v) is 5.45. The molecule has 1 aliphatic carbocycles. The Morgan fingerprint density at radius 2 is 2.14 bits per heavy atom. The van der Waals surface area contributed by atoms with E-state index in [0.717, 1.165) is 12.3 Å². The van der Waals surface area contributed by atoms with Gasteiger partial charge < -0.3 is 21.0 Å². The molecule has 1 atom stereocenters. The fourth-order valence-corrected chi connectivity index (χ4v) is 2.16. The zero-order valence-electron chi connectivity index (χ0n) is 12.1. The van der Waals surface area contributed by atoms with Gasteiger partial charge in [0.25, 0.3) is 5.91 Å². The van der Waals surface area contributed by atoms with Crippen LogP contribution in [0.1, 0.15) is 31.7 Å². The molecule has 1 amide bonds. The first-order valence-corrected chi connectivity index (χ1v) is 7.08. The van der Waals surface area contributed by atoms with E-state index < -0.39 is 0 Å². The number of benzene rings is 1. The molecule has 6 heteroatoms. The summed E-state index contributed by atoms with van der Waals surface area (Å²) in [6.07, 6.45) is 3.60. The molecule has 2 rings (SSSR count). The molecule has 1 fully saturated rings. The number of hydrogen-bond acceptors (Lipinski definition) is 4. The topological polar surface area (TPSA) is 96.9 Å². The number of oxime groups is 1. The van der Waals surface area contributed by atoms with E-state index >= 15 is 0 Å². The van der Waals surface area contributed by atoms with Gasteiger partial charge in [-0.25, -0.2) is 0 Å². The molecule has 0 heterocycles. The van der Waals surface area contributed by atoms with Crippen LogP contribution in [-0.2, 0) is 4.79 Å². The number of amides is 1. The Hall–Kier alpha value is -2.24. The average molecular weight is 291 g/mol. The number of hydrogen-bond donors (Lipinski definition) is 3. The zero-order chi connectivity index (χ0) is 15.2. The predicted molar refractivity (Wildman–Crippen MR) is 79.4 cm³/mol. The number of rotatable bonds is 7. The molecule has 21 heavy (non-hydrogen) atoms. The van der Waals surface area contributed by atoms with E-state index in [1.165, 1.54) is 12.8 Å². The lowest BCUT2D eigenvalue weighted by atomic mass is 10.1. The van der Waals surface area contributed by atoms with Crippen LogP contribution in [0, 0.1) is 5.92 Å². The largest absolute Gasteiger partial charge is 0.484 e. The van der Waals surface area contributed by atoms with Crippen molar-refractivity contribution in [1.82, 2.24) is 5.32 Å². The number of carbonyl (C=O) groups excluding carboxylic acids is 1. The minimum Gasteiger partial charge on any atom is -0.484 e. The number of nitrogens with two attached hydrogens (primary N) is 1. The van der Waals surface area contributed by atoms with Crippen LogP contribution in [0.3, 0.4) is 0 Å². The van der Waals surface area contributed by atoms with Gasteiger partial charge in [-0.3, -0.25) is 4.79 Å². The molecule has 1 aliphatic rings. The molecule has 0 radical (unpaired) electrons. The summed E-state index contributed by atoms with van der Waals surface area (Å²) in [4.78, 5) is 11.7. The smallest absolute Gasteiger partial charge is 0.258 e. The number of nitrogens with one attached hydrogen (secondary N) is 1. The highest BCUT2D eigenvalue weighted by Gasteiger charge is 2.24.